The van der Waals surface area contributed by atoms with Crippen LogP contribution in [0.5, 0.6) is 11.5 Å². The normalized spacial score (nSPS) is 10.2. The highest BCUT2D eigenvalue weighted by atomic mass is 19.1. The number of nitro benzene ring substituents is 1. The number of rotatable bonds is 4. The Morgan fingerprint density at radius 1 is 1.24 bits per heavy atom. The maximum Gasteiger partial charge on any atom is 0.338 e. The van der Waals surface area contributed by atoms with Crippen molar-refractivity contribution in [1.29, 1.82) is 0 Å². The summed E-state index contributed by atoms with van der Waals surface area (Å²) in [6, 6.07) is 7.46. The Balaban J connectivity index is 2.26. The van der Waals surface area contributed by atoms with Crippen molar-refractivity contribution in [3.05, 3.63) is 63.5 Å². The first-order valence-electron chi connectivity index (χ1n) is 5.84. The quantitative estimate of drug-likeness (QED) is 0.687. The summed E-state index contributed by atoms with van der Waals surface area (Å²) in [6.07, 6.45) is 0. The monoisotopic (exact) mass is 291 g/mol. The highest BCUT2D eigenvalue weighted by molar-refractivity contribution is 5.88. The molecule has 21 heavy (non-hydrogen) atoms. The molecule has 6 nitrogen and oxygen atoms in total. The molecule has 108 valence electrons. The zero-order valence-corrected chi connectivity index (χ0v) is 10.9. The molecule has 2 aromatic rings. The van der Waals surface area contributed by atoms with E-state index in [4.69, 9.17) is 9.84 Å². The Hall–Kier alpha value is -2.96. The van der Waals surface area contributed by atoms with Crippen molar-refractivity contribution < 1.29 is 24.0 Å². The zero-order chi connectivity index (χ0) is 15.6. The molecular weight excluding hydrogens is 281 g/mol. The van der Waals surface area contributed by atoms with E-state index < -0.39 is 22.3 Å². The van der Waals surface area contributed by atoms with Gasteiger partial charge in [0.1, 0.15) is 17.3 Å². The second kappa shape index (κ2) is 5.58. The number of hydrogen-bond donors (Lipinski definition) is 1. The van der Waals surface area contributed by atoms with E-state index in [0.29, 0.717) is 11.3 Å². The van der Waals surface area contributed by atoms with Crippen LogP contribution in [0.4, 0.5) is 10.1 Å². The number of ether oxygens (including phenoxy) is 1. The number of hydrogen-bond acceptors (Lipinski definition) is 4. The Morgan fingerprint density at radius 2 is 1.86 bits per heavy atom. The lowest BCUT2D eigenvalue weighted by Gasteiger charge is -2.07. The van der Waals surface area contributed by atoms with Crippen molar-refractivity contribution in [3.8, 4) is 11.5 Å². The van der Waals surface area contributed by atoms with Gasteiger partial charge in [-0.3, -0.25) is 10.1 Å². The van der Waals surface area contributed by atoms with E-state index >= 15 is 0 Å². The van der Waals surface area contributed by atoms with Crippen LogP contribution in [0.15, 0.2) is 36.4 Å². The van der Waals surface area contributed by atoms with Gasteiger partial charge in [-0.25, -0.2) is 9.18 Å². The van der Waals surface area contributed by atoms with E-state index in [1.807, 2.05) is 0 Å². The first-order chi connectivity index (χ1) is 9.88. The molecule has 0 aromatic heterocycles. The fourth-order valence-electron chi connectivity index (χ4n) is 1.77. The molecule has 0 fully saturated rings. The molecule has 0 amide bonds. The van der Waals surface area contributed by atoms with Gasteiger partial charge in [-0.2, -0.15) is 0 Å². The lowest BCUT2D eigenvalue weighted by atomic mass is 10.2. The van der Waals surface area contributed by atoms with Crippen LogP contribution in [0.3, 0.4) is 0 Å². The smallest absolute Gasteiger partial charge is 0.338 e. The van der Waals surface area contributed by atoms with E-state index in [1.165, 1.54) is 24.3 Å². The first-order valence-corrected chi connectivity index (χ1v) is 5.84. The molecule has 0 saturated heterocycles. The molecule has 2 rings (SSSR count). The fraction of sp³-hybridized carbons (Fsp3) is 0.0714. The molecule has 0 heterocycles. The number of nitrogens with zero attached hydrogens (tertiary/aromatic N) is 1. The van der Waals surface area contributed by atoms with Crippen molar-refractivity contribution >= 4 is 11.7 Å². The molecular formula is C14H10FNO5. The zero-order valence-electron chi connectivity index (χ0n) is 10.9. The van der Waals surface area contributed by atoms with E-state index in [1.54, 1.807) is 6.92 Å². The highest BCUT2D eigenvalue weighted by Gasteiger charge is 2.13. The molecule has 0 aliphatic carbocycles. The molecule has 0 saturated carbocycles. The second-order valence-electron chi connectivity index (χ2n) is 4.25. The summed E-state index contributed by atoms with van der Waals surface area (Å²) in [5.74, 6) is -1.89. The van der Waals surface area contributed by atoms with Crippen LogP contribution in [-0.4, -0.2) is 16.0 Å². The SMILES string of the molecule is Cc1cc(Oc2ccc(C(=O)O)c(F)c2)ccc1[N+](=O)[O-]. The van der Waals surface area contributed by atoms with E-state index in [9.17, 15) is 19.3 Å². The Bertz CT molecular complexity index is 668. The van der Waals surface area contributed by atoms with Gasteiger partial charge in [0.25, 0.3) is 5.69 Å². The lowest BCUT2D eigenvalue weighted by molar-refractivity contribution is -0.385. The van der Waals surface area contributed by atoms with Crippen LogP contribution in [0.2, 0.25) is 0 Å². The first kappa shape index (κ1) is 14.4. The number of aryl methyl sites for hydroxylation is 1. The molecule has 7 heteroatoms. The maximum atomic E-state index is 13.5. The molecule has 0 spiro atoms. The average Bonchev–Trinajstić information content (AvgIpc) is 2.37. The molecule has 2 aromatic carbocycles. The summed E-state index contributed by atoms with van der Waals surface area (Å²) in [7, 11) is 0. The predicted octanol–water partition coefficient (Wildman–Crippen LogP) is 3.53. The summed E-state index contributed by atoms with van der Waals surface area (Å²) in [4.78, 5) is 20.9. The number of carboxylic acids is 1. The Kier molecular flexibility index (Phi) is 3.84. The molecule has 0 atom stereocenters. The van der Waals surface area contributed by atoms with Crippen molar-refractivity contribution in [2.45, 2.75) is 6.92 Å². The van der Waals surface area contributed by atoms with Crippen molar-refractivity contribution in [2.75, 3.05) is 0 Å². The Labute approximate surface area is 118 Å². The van der Waals surface area contributed by atoms with Gasteiger partial charge in [-0.1, -0.05) is 0 Å². The highest BCUT2D eigenvalue weighted by Crippen LogP contribution is 2.28. The van der Waals surface area contributed by atoms with Crippen LogP contribution >= 0.6 is 0 Å². The molecule has 0 radical (unpaired) electrons. The number of aromatic carboxylic acids is 1. The minimum Gasteiger partial charge on any atom is -0.478 e. The summed E-state index contributed by atoms with van der Waals surface area (Å²) in [5.41, 5.74) is -0.0999. The van der Waals surface area contributed by atoms with Gasteiger partial charge in [-0.05, 0) is 31.2 Å². The topological polar surface area (TPSA) is 89.7 Å². The summed E-state index contributed by atoms with van der Waals surface area (Å²) >= 11 is 0. The minimum atomic E-state index is -1.37. The molecule has 0 aliphatic heterocycles. The summed E-state index contributed by atoms with van der Waals surface area (Å²) in [6.45, 7) is 1.55. The van der Waals surface area contributed by atoms with E-state index in [-0.39, 0.29) is 11.4 Å². The molecule has 1 N–H and O–H groups in total. The number of benzene rings is 2. The van der Waals surface area contributed by atoms with Gasteiger partial charge >= 0.3 is 5.97 Å². The van der Waals surface area contributed by atoms with E-state index in [0.717, 1.165) is 12.1 Å². The second-order valence-corrected chi connectivity index (χ2v) is 4.25. The number of carbonyl (C=O) groups is 1. The third kappa shape index (κ3) is 3.14. The molecule has 0 unspecified atom stereocenters. The maximum absolute atomic E-state index is 13.5. The fourth-order valence-corrected chi connectivity index (χ4v) is 1.77. The molecule has 0 bridgehead atoms. The standard InChI is InChI=1S/C14H10FNO5/c1-8-6-9(3-5-13(8)16(19)20)21-10-2-4-11(14(17)18)12(15)7-10/h2-7H,1H3,(H,17,18). The lowest BCUT2D eigenvalue weighted by Crippen LogP contribution is -2.00. The van der Waals surface area contributed by atoms with Gasteiger partial charge in [0, 0.05) is 17.7 Å². The van der Waals surface area contributed by atoms with Gasteiger partial charge in [-0.15, -0.1) is 0 Å². The van der Waals surface area contributed by atoms with Crippen LogP contribution in [0.1, 0.15) is 15.9 Å². The van der Waals surface area contributed by atoms with Crippen molar-refractivity contribution in [3.63, 3.8) is 0 Å². The van der Waals surface area contributed by atoms with Crippen LogP contribution < -0.4 is 4.74 Å². The van der Waals surface area contributed by atoms with Crippen molar-refractivity contribution in [1.82, 2.24) is 0 Å². The third-order valence-electron chi connectivity index (χ3n) is 2.77. The van der Waals surface area contributed by atoms with Crippen LogP contribution in [0, 0.1) is 22.9 Å². The third-order valence-corrected chi connectivity index (χ3v) is 2.77. The number of halogens is 1. The minimum absolute atomic E-state index is 0.0465. The number of nitro groups is 1. The Morgan fingerprint density at radius 3 is 2.38 bits per heavy atom. The van der Waals surface area contributed by atoms with E-state index in [2.05, 4.69) is 0 Å². The largest absolute Gasteiger partial charge is 0.478 e. The summed E-state index contributed by atoms with van der Waals surface area (Å²) in [5, 5.41) is 19.4. The number of carboxylic acid groups (broad SMARTS) is 1. The van der Waals surface area contributed by atoms with Gasteiger partial charge in [0.15, 0.2) is 0 Å². The van der Waals surface area contributed by atoms with Crippen LogP contribution in [0.25, 0.3) is 0 Å². The predicted molar refractivity (Wildman–Crippen MR) is 71.3 cm³/mol. The van der Waals surface area contributed by atoms with Gasteiger partial charge in [0.05, 0.1) is 10.5 Å². The van der Waals surface area contributed by atoms with Gasteiger partial charge < -0.3 is 9.84 Å². The van der Waals surface area contributed by atoms with Crippen molar-refractivity contribution in [2.24, 2.45) is 0 Å². The van der Waals surface area contributed by atoms with Gasteiger partial charge in [0.2, 0.25) is 0 Å². The average molecular weight is 291 g/mol. The summed E-state index contributed by atoms with van der Waals surface area (Å²) < 4.78 is 18.9. The molecule has 0 aliphatic rings. The van der Waals surface area contributed by atoms with Crippen LogP contribution in [-0.2, 0) is 0 Å².